The molecule has 0 spiro atoms. The Morgan fingerprint density at radius 3 is 2.52 bits per heavy atom. The molecule has 1 aromatic carbocycles. The minimum Gasteiger partial charge on any atom is -0.456 e. The highest BCUT2D eigenvalue weighted by molar-refractivity contribution is 7.91. The van der Waals surface area contributed by atoms with Crippen LogP contribution in [0, 0.1) is 5.92 Å². The van der Waals surface area contributed by atoms with Gasteiger partial charge >= 0.3 is 5.97 Å². The molecule has 1 aromatic rings. The number of carbonyl (C=O) groups is 2. The molecule has 1 fully saturated rings. The molecular formula is C18H25NO5S. The van der Waals surface area contributed by atoms with Crippen LogP contribution in [0.2, 0.25) is 0 Å². The minimum absolute atomic E-state index is 0.0246. The Labute approximate surface area is 148 Å². The van der Waals surface area contributed by atoms with Crippen LogP contribution in [0.15, 0.2) is 24.3 Å². The third-order valence-corrected chi connectivity index (χ3v) is 6.36. The zero-order valence-electron chi connectivity index (χ0n) is 14.7. The quantitative estimate of drug-likeness (QED) is 0.748. The summed E-state index contributed by atoms with van der Waals surface area (Å²) in [6.07, 6.45) is 1.56. The zero-order valence-corrected chi connectivity index (χ0v) is 15.5. The van der Waals surface area contributed by atoms with Gasteiger partial charge in [-0.2, -0.15) is 0 Å². The largest absolute Gasteiger partial charge is 0.456 e. The smallest absolute Gasteiger partial charge is 0.306 e. The maximum atomic E-state index is 11.8. The Balaban J connectivity index is 1.74. The molecule has 1 aliphatic heterocycles. The highest BCUT2D eigenvalue weighted by Gasteiger charge is 2.29. The van der Waals surface area contributed by atoms with Crippen LogP contribution in [0.25, 0.3) is 0 Å². The van der Waals surface area contributed by atoms with Crippen molar-refractivity contribution >= 4 is 27.4 Å². The van der Waals surface area contributed by atoms with Gasteiger partial charge in [-0.05, 0) is 42.4 Å². The van der Waals surface area contributed by atoms with Crippen LogP contribution in [-0.4, -0.2) is 38.4 Å². The predicted molar refractivity (Wildman–Crippen MR) is 96.1 cm³/mol. The molecule has 0 radical (unpaired) electrons. The van der Waals surface area contributed by atoms with Gasteiger partial charge in [0, 0.05) is 12.1 Å². The molecule has 0 bridgehead atoms. The summed E-state index contributed by atoms with van der Waals surface area (Å²) in [5.41, 5.74) is 1.86. The van der Waals surface area contributed by atoms with E-state index in [0.717, 1.165) is 6.42 Å². The van der Waals surface area contributed by atoms with E-state index in [1.54, 1.807) is 0 Å². The first-order valence-electron chi connectivity index (χ1n) is 8.55. The van der Waals surface area contributed by atoms with Gasteiger partial charge in [-0.1, -0.05) is 26.0 Å². The number of anilines is 1. The van der Waals surface area contributed by atoms with Crippen molar-refractivity contribution in [2.45, 2.75) is 39.0 Å². The summed E-state index contributed by atoms with van der Waals surface area (Å²) in [4.78, 5) is 23.6. The topological polar surface area (TPSA) is 89.5 Å². The molecule has 1 amide bonds. The lowest BCUT2D eigenvalue weighted by Crippen LogP contribution is -2.22. The van der Waals surface area contributed by atoms with E-state index < -0.39 is 21.7 Å². The fourth-order valence-electron chi connectivity index (χ4n) is 2.80. The Morgan fingerprint density at radius 1 is 1.28 bits per heavy atom. The molecule has 1 heterocycles. The molecular weight excluding hydrogens is 342 g/mol. The molecule has 0 unspecified atom stereocenters. The number of esters is 1. The van der Waals surface area contributed by atoms with Crippen LogP contribution in [0.4, 0.5) is 5.69 Å². The second kappa shape index (κ2) is 8.47. The molecule has 0 aromatic heterocycles. The Hall–Kier alpha value is -1.89. The van der Waals surface area contributed by atoms with Gasteiger partial charge in [0.2, 0.25) is 0 Å². The lowest BCUT2D eigenvalue weighted by atomic mass is 9.99. The van der Waals surface area contributed by atoms with Crippen molar-refractivity contribution in [3.63, 3.8) is 0 Å². The molecule has 2 atom stereocenters. The lowest BCUT2D eigenvalue weighted by Gasteiger charge is -2.11. The van der Waals surface area contributed by atoms with E-state index >= 15 is 0 Å². The number of benzene rings is 1. The van der Waals surface area contributed by atoms with E-state index in [4.69, 9.17) is 4.74 Å². The van der Waals surface area contributed by atoms with E-state index in [1.807, 2.05) is 24.3 Å². The summed E-state index contributed by atoms with van der Waals surface area (Å²) in [7, 11) is -3.01. The molecule has 1 saturated heterocycles. The average molecular weight is 367 g/mol. The number of ether oxygens (including phenoxy) is 1. The third kappa shape index (κ3) is 6.16. The van der Waals surface area contributed by atoms with E-state index in [9.17, 15) is 18.0 Å². The highest BCUT2D eigenvalue weighted by atomic mass is 32.2. The fourth-order valence-corrected chi connectivity index (χ4v) is 4.66. The summed E-state index contributed by atoms with van der Waals surface area (Å²) >= 11 is 0. The number of hydrogen-bond acceptors (Lipinski definition) is 5. The number of carbonyl (C=O) groups excluding carboxylic acids is 2. The van der Waals surface area contributed by atoms with Gasteiger partial charge in [-0.25, -0.2) is 8.42 Å². The van der Waals surface area contributed by atoms with Crippen molar-refractivity contribution in [3.8, 4) is 0 Å². The van der Waals surface area contributed by atoms with Crippen LogP contribution in [0.5, 0.6) is 0 Å². The van der Waals surface area contributed by atoms with Crippen LogP contribution in [0.1, 0.15) is 44.6 Å². The zero-order chi connectivity index (χ0) is 18.4. The number of sulfone groups is 1. The van der Waals surface area contributed by atoms with Crippen LogP contribution >= 0.6 is 0 Å². The van der Waals surface area contributed by atoms with E-state index in [2.05, 4.69) is 19.2 Å². The van der Waals surface area contributed by atoms with Crippen molar-refractivity contribution in [1.82, 2.24) is 0 Å². The van der Waals surface area contributed by atoms with Crippen molar-refractivity contribution in [3.05, 3.63) is 29.8 Å². The van der Waals surface area contributed by atoms with Gasteiger partial charge in [0.25, 0.3) is 5.91 Å². The van der Waals surface area contributed by atoms with Gasteiger partial charge < -0.3 is 10.1 Å². The monoisotopic (exact) mass is 367 g/mol. The highest BCUT2D eigenvalue weighted by Crippen LogP contribution is 2.22. The predicted octanol–water partition coefficient (Wildman–Crippen LogP) is 2.51. The van der Waals surface area contributed by atoms with Gasteiger partial charge in [0.1, 0.15) is 0 Å². The average Bonchev–Trinajstić information content (AvgIpc) is 2.91. The standard InChI is InChI=1S/C18H25NO5S/c1-3-13(2)15-4-6-16(7-5-15)19-17(20)11-24-18(21)10-14-8-9-25(22,23)12-14/h4-7,13-14H,3,8-12H2,1-2H3,(H,19,20)/t13-,14+/m1/s1. The number of rotatable bonds is 7. The van der Waals surface area contributed by atoms with Gasteiger partial charge in [0.15, 0.2) is 16.4 Å². The summed E-state index contributed by atoms with van der Waals surface area (Å²) < 4.78 is 27.7. The molecule has 0 saturated carbocycles. The van der Waals surface area contributed by atoms with Crippen molar-refractivity contribution in [1.29, 1.82) is 0 Å². The van der Waals surface area contributed by atoms with Crippen molar-refractivity contribution in [2.75, 3.05) is 23.4 Å². The van der Waals surface area contributed by atoms with Gasteiger partial charge in [-0.15, -0.1) is 0 Å². The summed E-state index contributed by atoms with van der Waals surface area (Å²) in [5, 5.41) is 2.68. The van der Waals surface area contributed by atoms with Crippen molar-refractivity contribution in [2.24, 2.45) is 5.92 Å². The second-order valence-electron chi connectivity index (χ2n) is 6.61. The minimum atomic E-state index is -3.01. The summed E-state index contributed by atoms with van der Waals surface area (Å²) in [6.45, 7) is 3.89. The first kappa shape index (κ1) is 19.4. The van der Waals surface area contributed by atoms with E-state index in [-0.39, 0.29) is 30.5 Å². The molecule has 138 valence electrons. The first-order chi connectivity index (χ1) is 11.8. The third-order valence-electron chi connectivity index (χ3n) is 4.52. The first-order valence-corrected chi connectivity index (χ1v) is 10.4. The molecule has 2 rings (SSSR count). The summed E-state index contributed by atoms with van der Waals surface area (Å²) in [5.74, 6) is -0.540. The number of amides is 1. The number of nitrogens with one attached hydrogen (secondary N) is 1. The Morgan fingerprint density at radius 2 is 1.96 bits per heavy atom. The Kier molecular flexibility index (Phi) is 6.58. The van der Waals surface area contributed by atoms with Crippen molar-refractivity contribution < 1.29 is 22.7 Å². The molecule has 0 aliphatic carbocycles. The molecule has 1 N–H and O–H groups in total. The van der Waals surface area contributed by atoms with E-state index in [1.165, 1.54) is 5.56 Å². The second-order valence-corrected chi connectivity index (χ2v) is 8.84. The normalized spacial score (nSPS) is 20.0. The molecule has 25 heavy (non-hydrogen) atoms. The van der Waals surface area contributed by atoms with Crippen LogP contribution in [0.3, 0.4) is 0 Å². The Bertz CT molecular complexity index is 711. The maximum Gasteiger partial charge on any atom is 0.306 e. The number of hydrogen-bond donors (Lipinski definition) is 1. The fraction of sp³-hybridized carbons (Fsp3) is 0.556. The van der Waals surface area contributed by atoms with Gasteiger partial charge in [0.05, 0.1) is 11.5 Å². The summed E-state index contributed by atoms with van der Waals surface area (Å²) in [6, 6.07) is 7.59. The SMILES string of the molecule is CC[C@@H](C)c1ccc(NC(=O)COC(=O)C[C@@H]2CCS(=O)(=O)C2)cc1. The maximum absolute atomic E-state index is 11.8. The van der Waals surface area contributed by atoms with Crippen LogP contribution < -0.4 is 5.32 Å². The van der Waals surface area contributed by atoms with Gasteiger partial charge in [-0.3, -0.25) is 9.59 Å². The molecule has 7 heteroatoms. The molecule has 6 nitrogen and oxygen atoms in total. The molecule has 1 aliphatic rings. The van der Waals surface area contributed by atoms with Crippen LogP contribution in [-0.2, 0) is 24.2 Å². The van der Waals surface area contributed by atoms with E-state index in [0.29, 0.717) is 18.0 Å². The lowest BCUT2D eigenvalue weighted by molar-refractivity contribution is -0.148.